The molecule has 0 amide bonds. The van der Waals surface area contributed by atoms with E-state index in [1.54, 1.807) is 11.3 Å². The standard InChI is InChI=1S/C55H32N6OS/c1-4-14-33(15-5-1)49-51-50(41-21-11-13-23-46(41)62-51)57-53(56-49)37-24-27-40-43-31-36(26-29-47(43)63-48(40)32-37)55-59-52(34-16-6-2-7-17-34)58-54(60-55)35-25-28-45-42(30-35)39-20-10-12-22-44(39)61(45)38-18-8-3-9-19-38/h1-32H. The number of para-hydroxylation sites is 3. The topological polar surface area (TPSA) is 82.5 Å². The Morgan fingerprint density at radius 1 is 0.365 bits per heavy atom. The zero-order valence-corrected chi connectivity index (χ0v) is 34.3. The lowest BCUT2D eigenvalue weighted by Gasteiger charge is -2.10. The van der Waals surface area contributed by atoms with Crippen molar-refractivity contribution in [1.29, 1.82) is 0 Å². The Morgan fingerprint density at radius 3 is 1.71 bits per heavy atom. The molecule has 0 aliphatic heterocycles. The quantitative estimate of drug-likeness (QED) is 0.166. The van der Waals surface area contributed by atoms with Crippen LogP contribution in [0, 0.1) is 0 Å². The first-order valence-electron chi connectivity index (χ1n) is 20.8. The van der Waals surface area contributed by atoms with Crippen LogP contribution in [-0.2, 0) is 0 Å². The van der Waals surface area contributed by atoms with E-state index in [2.05, 4.69) is 132 Å². The minimum atomic E-state index is 0.617. The highest BCUT2D eigenvalue weighted by atomic mass is 32.1. The smallest absolute Gasteiger partial charge is 0.180 e. The van der Waals surface area contributed by atoms with Crippen molar-refractivity contribution in [2.75, 3.05) is 0 Å². The molecule has 0 saturated heterocycles. The predicted molar refractivity (Wildman–Crippen MR) is 257 cm³/mol. The first kappa shape index (κ1) is 35.4. The van der Waals surface area contributed by atoms with Gasteiger partial charge in [-0.05, 0) is 72.8 Å². The van der Waals surface area contributed by atoms with Crippen molar-refractivity contribution in [3.05, 3.63) is 194 Å². The Balaban J connectivity index is 0.939. The van der Waals surface area contributed by atoms with Gasteiger partial charge in [-0.3, -0.25) is 0 Å². The molecule has 8 heteroatoms. The molecule has 0 bridgehead atoms. The summed E-state index contributed by atoms with van der Waals surface area (Å²) in [5, 5.41) is 5.57. The third-order valence-electron chi connectivity index (χ3n) is 11.9. The largest absolute Gasteiger partial charge is 0.452 e. The van der Waals surface area contributed by atoms with Crippen LogP contribution in [0.1, 0.15) is 0 Å². The number of hydrogen-bond donors (Lipinski definition) is 0. The second kappa shape index (κ2) is 14.1. The van der Waals surface area contributed by atoms with Crippen molar-refractivity contribution in [1.82, 2.24) is 29.5 Å². The number of furan rings is 1. The molecule has 8 aromatic carbocycles. The number of benzene rings is 8. The van der Waals surface area contributed by atoms with Gasteiger partial charge in [0.25, 0.3) is 0 Å². The van der Waals surface area contributed by atoms with Crippen LogP contribution in [0.4, 0.5) is 0 Å². The van der Waals surface area contributed by atoms with E-state index < -0.39 is 0 Å². The summed E-state index contributed by atoms with van der Waals surface area (Å²) in [6.07, 6.45) is 0. The van der Waals surface area contributed by atoms with E-state index in [9.17, 15) is 0 Å². The molecular formula is C55H32N6OS. The summed E-state index contributed by atoms with van der Waals surface area (Å²) in [6, 6.07) is 67.0. The lowest BCUT2D eigenvalue weighted by atomic mass is 10.1. The molecule has 5 aromatic heterocycles. The third kappa shape index (κ3) is 5.84. The van der Waals surface area contributed by atoms with Crippen LogP contribution in [0.15, 0.2) is 199 Å². The predicted octanol–water partition coefficient (Wildman–Crippen LogP) is 14.4. The number of thiophene rings is 1. The van der Waals surface area contributed by atoms with Gasteiger partial charge in [0, 0.05) is 69.8 Å². The zero-order chi connectivity index (χ0) is 41.4. The molecule has 0 atom stereocenters. The Kier molecular flexibility index (Phi) is 7.94. The van der Waals surface area contributed by atoms with Crippen LogP contribution in [-0.4, -0.2) is 29.5 Å². The fourth-order valence-electron chi connectivity index (χ4n) is 8.88. The highest BCUT2D eigenvalue weighted by Crippen LogP contribution is 2.41. The molecular weight excluding hydrogens is 793 g/mol. The average molecular weight is 825 g/mol. The third-order valence-corrected chi connectivity index (χ3v) is 13.0. The molecule has 13 aromatic rings. The highest BCUT2D eigenvalue weighted by molar-refractivity contribution is 7.25. The van der Waals surface area contributed by atoms with Crippen molar-refractivity contribution in [2.24, 2.45) is 0 Å². The minimum absolute atomic E-state index is 0.617. The number of aromatic nitrogens is 6. The van der Waals surface area contributed by atoms with Crippen molar-refractivity contribution < 1.29 is 4.42 Å². The molecule has 5 heterocycles. The van der Waals surface area contributed by atoms with E-state index in [1.165, 1.54) is 10.1 Å². The summed E-state index contributed by atoms with van der Waals surface area (Å²) in [5.41, 5.74) is 11.2. The first-order valence-corrected chi connectivity index (χ1v) is 21.6. The summed E-state index contributed by atoms with van der Waals surface area (Å²) in [4.78, 5) is 25.7. The van der Waals surface area contributed by atoms with Gasteiger partial charge in [0.2, 0.25) is 0 Å². The van der Waals surface area contributed by atoms with E-state index in [4.69, 9.17) is 29.3 Å². The number of hydrogen-bond acceptors (Lipinski definition) is 7. The molecule has 0 radical (unpaired) electrons. The highest BCUT2D eigenvalue weighted by Gasteiger charge is 2.20. The number of rotatable bonds is 6. The van der Waals surface area contributed by atoms with Crippen LogP contribution in [0.2, 0.25) is 0 Å². The Morgan fingerprint density at radius 2 is 0.937 bits per heavy atom. The van der Waals surface area contributed by atoms with Crippen LogP contribution < -0.4 is 0 Å². The maximum absolute atomic E-state index is 6.36. The van der Waals surface area contributed by atoms with Gasteiger partial charge < -0.3 is 8.98 Å². The van der Waals surface area contributed by atoms with Gasteiger partial charge in [0.15, 0.2) is 28.9 Å². The Labute approximate surface area is 364 Å². The van der Waals surface area contributed by atoms with Crippen molar-refractivity contribution >= 4 is 75.4 Å². The van der Waals surface area contributed by atoms with Crippen LogP contribution in [0.5, 0.6) is 0 Å². The molecule has 0 N–H and O–H groups in total. The van der Waals surface area contributed by atoms with Crippen molar-refractivity contribution in [3.8, 4) is 62.5 Å². The van der Waals surface area contributed by atoms with E-state index in [1.807, 2.05) is 66.7 Å². The van der Waals surface area contributed by atoms with Gasteiger partial charge >= 0.3 is 0 Å². The van der Waals surface area contributed by atoms with Crippen LogP contribution >= 0.6 is 11.3 Å². The molecule has 0 spiro atoms. The average Bonchev–Trinajstić information content (AvgIpc) is 4.03. The summed E-state index contributed by atoms with van der Waals surface area (Å²) in [7, 11) is 0. The maximum atomic E-state index is 6.36. The number of fused-ring (bicyclic) bond motifs is 9. The minimum Gasteiger partial charge on any atom is -0.452 e. The Hall–Kier alpha value is -8.33. The van der Waals surface area contributed by atoms with Gasteiger partial charge in [-0.2, -0.15) is 0 Å². The van der Waals surface area contributed by atoms with E-state index >= 15 is 0 Å². The maximum Gasteiger partial charge on any atom is 0.180 e. The summed E-state index contributed by atoms with van der Waals surface area (Å²) < 4.78 is 11.0. The van der Waals surface area contributed by atoms with Gasteiger partial charge in [-0.15, -0.1) is 11.3 Å². The molecule has 0 unspecified atom stereocenters. The molecule has 0 aliphatic carbocycles. The van der Waals surface area contributed by atoms with Crippen LogP contribution in [0.25, 0.3) is 127 Å². The van der Waals surface area contributed by atoms with Crippen LogP contribution in [0.3, 0.4) is 0 Å². The fraction of sp³-hybridized carbons (Fsp3) is 0. The zero-order valence-electron chi connectivity index (χ0n) is 33.5. The second-order valence-corrected chi connectivity index (χ2v) is 16.7. The summed E-state index contributed by atoms with van der Waals surface area (Å²) in [6.45, 7) is 0. The lowest BCUT2D eigenvalue weighted by molar-refractivity contribution is 0.667. The van der Waals surface area contributed by atoms with E-state index in [-0.39, 0.29) is 0 Å². The summed E-state index contributed by atoms with van der Waals surface area (Å²) in [5.74, 6) is 2.52. The van der Waals surface area contributed by atoms with Crippen molar-refractivity contribution in [3.63, 3.8) is 0 Å². The SMILES string of the molecule is c1ccc(-c2nc(-c3ccc4sc5cc(-c6nc(-c7ccccc7)c7oc8ccccc8c7n6)ccc5c4c3)nc(-c3ccc4c(c3)c3ccccc3n4-c3ccccc3)n2)cc1. The van der Waals surface area contributed by atoms with Gasteiger partial charge in [-0.1, -0.05) is 121 Å². The normalized spacial score (nSPS) is 11.8. The molecule has 0 fully saturated rings. The molecule has 63 heavy (non-hydrogen) atoms. The molecule has 7 nitrogen and oxygen atoms in total. The molecule has 13 rings (SSSR count). The monoisotopic (exact) mass is 824 g/mol. The molecule has 0 saturated carbocycles. The van der Waals surface area contributed by atoms with E-state index in [0.29, 0.717) is 28.9 Å². The first-order chi connectivity index (χ1) is 31.2. The summed E-state index contributed by atoms with van der Waals surface area (Å²) >= 11 is 1.76. The molecule has 294 valence electrons. The Bertz CT molecular complexity index is 3910. The fourth-order valence-corrected chi connectivity index (χ4v) is 10.0. The van der Waals surface area contributed by atoms with Gasteiger partial charge in [0.1, 0.15) is 16.8 Å². The molecule has 0 aliphatic rings. The second-order valence-electron chi connectivity index (χ2n) is 15.7. The van der Waals surface area contributed by atoms with E-state index in [0.717, 1.165) is 87.6 Å². The van der Waals surface area contributed by atoms with Crippen molar-refractivity contribution in [2.45, 2.75) is 0 Å². The lowest BCUT2D eigenvalue weighted by Crippen LogP contribution is -2.00. The van der Waals surface area contributed by atoms with Gasteiger partial charge in [-0.25, -0.2) is 24.9 Å². The van der Waals surface area contributed by atoms with Gasteiger partial charge in [0.05, 0.1) is 11.0 Å². The number of nitrogens with zero attached hydrogens (tertiary/aromatic N) is 6.